The first kappa shape index (κ1) is 18.3. The van der Waals surface area contributed by atoms with E-state index in [0.717, 1.165) is 37.7 Å². The lowest BCUT2D eigenvalue weighted by Crippen LogP contribution is -2.48. The van der Waals surface area contributed by atoms with Crippen molar-refractivity contribution in [3.63, 3.8) is 0 Å². The molecule has 0 amide bonds. The molecule has 1 aromatic rings. The van der Waals surface area contributed by atoms with E-state index < -0.39 is 0 Å². The summed E-state index contributed by atoms with van der Waals surface area (Å²) in [6, 6.07) is 3.90. The molecule has 0 unspecified atom stereocenters. The van der Waals surface area contributed by atoms with Gasteiger partial charge in [-0.15, -0.1) is 24.0 Å². The summed E-state index contributed by atoms with van der Waals surface area (Å²) in [4.78, 5) is 4.51. The van der Waals surface area contributed by atoms with E-state index in [-0.39, 0.29) is 29.5 Å². The second-order valence-electron chi connectivity index (χ2n) is 5.36. The monoisotopic (exact) mass is 379 g/mol. The molecule has 0 radical (unpaired) electrons. The molecule has 0 bridgehead atoms. The number of hydrogen-bond donors (Lipinski definition) is 2. The van der Waals surface area contributed by atoms with Crippen molar-refractivity contribution in [3.8, 4) is 0 Å². The van der Waals surface area contributed by atoms with Crippen LogP contribution in [-0.2, 0) is 6.42 Å². The molecule has 1 rings (SSSR count). The summed E-state index contributed by atoms with van der Waals surface area (Å²) >= 11 is 0. The van der Waals surface area contributed by atoms with E-state index in [9.17, 15) is 0 Å². The SMILES string of the molecule is CCCN=C(NCCc1ccco1)NC(C)(C)C.I. The van der Waals surface area contributed by atoms with E-state index in [1.807, 2.05) is 12.1 Å². The fourth-order valence-corrected chi connectivity index (χ4v) is 1.48. The number of guanidine groups is 1. The van der Waals surface area contributed by atoms with Gasteiger partial charge in [-0.3, -0.25) is 4.99 Å². The summed E-state index contributed by atoms with van der Waals surface area (Å²) in [5.74, 6) is 1.86. The van der Waals surface area contributed by atoms with Gasteiger partial charge in [0.15, 0.2) is 5.96 Å². The minimum absolute atomic E-state index is 0. The van der Waals surface area contributed by atoms with E-state index in [0.29, 0.717) is 0 Å². The predicted octanol–water partition coefficient (Wildman–Crippen LogP) is 3.18. The second-order valence-corrected chi connectivity index (χ2v) is 5.36. The summed E-state index contributed by atoms with van der Waals surface area (Å²) in [6.07, 6.45) is 3.62. The van der Waals surface area contributed by atoms with Crippen LogP contribution in [0.2, 0.25) is 0 Å². The zero-order valence-electron chi connectivity index (χ0n) is 12.3. The van der Waals surface area contributed by atoms with E-state index in [1.54, 1.807) is 6.26 Å². The standard InChI is InChI=1S/C14H25N3O.HI/c1-5-9-15-13(17-14(2,3)4)16-10-8-12-7-6-11-18-12;/h6-7,11H,5,8-10H2,1-4H3,(H2,15,16,17);1H. The lowest BCUT2D eigenvalue weighted by atomic mass is 10.1. The Morgan fingerprint density at radius 3 is 2.63 bits per heavy atom. The molecule has 0 aliphatic rings. The zero-order valence-corrected chi connectivity index (χ0v) is 14.7. The third kappa shape index (κ3) is 8.91. The summed E-state index contributed by atoms with van der Waals surface area (Å²) < 4.78 is 5.30. The molecule has 5 heteroatoms. The van der Waals surface area contributed by atoms with E-state index >= 15 is 0 Å². The lowest BCUT2D eigenvalue weighted by molar-refractivity contribution is 0.492. The Balaban J connectivity index is 0.00000324. The van der Waals surface area contributed by atoms with Gasteiger partial charge < -0.3 is 15.1 Å². The molecule has 0 saturated carbocycles. The van der Waals surface area contributed by atoms with Crippen LogP contribution in [0.3, 0.4) is 0 Å². The van der Waals surface area contributed by atoms with Crippen molar-refractivity contribution >= 4 is 29.9 Å². The van der Waals surface area contributed by atoms with Gasteiger partial charge in [-0.1, -0.05) is 6.92 Å². The van der Waals surface area contributed by atoms with Gasteiger partial charge >= 0.3 is 0 Å². The normalized spacial score (nSPS) is 11.9. The molecule has 2 N–H and O–H groups in total. The highest BCUT2D eigenvalue weighted by molar-refractivity contribution is 14.0. The van der Waals surface area contributed by atoms with Crippen molar-refractivity contribution in [2.24, 2.45) is 4.99 Å². The number of nitrogens with zero attached hydrogens (tertiary/aromatic N) is 1. The Morgan fingerprint density at radius 2 is 2.11 bits per heavy atom. The first-order valence-electron chi connectivity index (χ1n) is 6.60. The number of nitrogens with one attached hydrogen (secondary N) is 2. The topological polar surface area (TPSA) is 49.6 Å². The van der Waals surface area contributed by atoms with Crippen molar-refractivity contribution in [3.05, 3.63) is 24.2 Å². The largest absolute Gasteiger partial charge is 0.469 e. The third-order valence-corrected chi connectivity index (χ3v) is 2.23. The van der Waals surface area contributed by atoms with Crippen molar-refractivity contribution in [1.82, 2.24) is 10.6 Å². The van der Waals surface area contributed by atoms with Crippen LogP contribution in [0.1, 0.15) is 39.9 Å². The molecule has 0 saturated heterocycles. The molecule has 4 nitrogen and oxygen atoms in total. The van der Waals surface area contributed by atoms with Crippen LogP contribution < -0.4 is 10.6 Å². The molecule has 0 aromatic carbocycles. The van der Waals surface area contributed by atoms with Gasteiger partial charge in [-0.05, 0) is 39.3 Å². The first-order valence-corrected chi connectivity index (χ1v) is 6.60. The Labute approximate surface area is 133 Å². The van der Waals surface area contributed by atoms with Crippen LogP contribution in [0.15, 0.2) is 27.8 Å². The highest BCUT2D eigenvalue weighted by Crippen LogP contribution is 2.00. The average Bonchev–Trinajstić information content (AvgIpc) is 2.76. The average molecular weight is 379 g/mol. The number of halogens is 1. The predicted molar refractivity (Wildman–Crippen MR) is 91.3 cm³/mol. The minimum Gasteiger partial charge on any atom is -0.469 e. The Morgan fingerprint density at radius 1 is 1.37 bits per heavy atom. The molecular formula is C14H26IN3O. The van der Waals surface area contributed by atoms with Crippen LogP contribution in [0.25, 0.3) is 0 Å². The van der Waals surface area contributed by atoms with Gasteiger partial charge in [0, 0.05) is 25.0 Å². The fourth-order valence-electron chi connectivity index (χ4n) is 1.48. The van der Waals surface area contributed by atoms with E-state index in [4.69, 9.17) is 4.42 Å². The molecule has 0 atom stereocenters. The second kappa shape index (κ2) is 9.23. The molecule has 19 heavy (non-hydrogen) atoms. The first-order chi connectivity index (χ1) is 8.51. The lowest BCUT2D eigenvalue weighted by Gasteiger charge is -2.24. The molecule has 0 spiro atoms. The van der Waals surface area contributed by atoms with Crippen LogP contribution in [0.4, 0.5) is 0 Å². The summed E-state index contributed by atoms with van der Waals surface area (Å²) in [7, 11) is 0. The van der Waals surface area contributed by atoms with Crippen LogP contribution in [0, 0.1) is 0 Å². The number of aliphatic imine (C=N–C) groups is 1. The molecule has 1 heterocycles. The van der Waals surface area contributed by atoms with Gasteiger partial charge in [-0.25, -0.2) is 0 Å². The summed E-state index contributed by atoms with van der Waals surface area (Å²) in [5, 5.41) is 6.71. The highest BCUT2D eigenvalue weighted by atomic mass is 127. The van der Waals surface area contributed by atoms with E-state index in [2.05, 4.69) is 43.3 Å². The maximum atomic E-state index is 5.30. The number of furan rings is 1. The summed E-state index contributed by atoms with van der Waals surface area (Å²) in [6.45, 7) is 10.2. The maximum absolute atomic E-state index is 5.30. The van der Waals surface area contributed by atoms with Gasteiger partial charge in [0.2, 0.25) is 0 Å². The summed E-state index contributed by atoms with van der Waals surface area (Å²) in [5.41, 5.74) is 0.0181. The van der Waals surface area contributed by atoms with Crippen LogP contribution in [-0.4, -0.2) is 24.6 Å². The smallest absolute Gasteiger partial charge is 0.191 e. The molecule has 1 aromatic heterocycles. The van der Waals surface area contributed by atoms with Gasteiger partial charge in [0.25, 0.3) is 0 Å². The Kier molecular flexibility index (Phi) is 8.88. The molecular weight excluding hydrogens is 353 g/mol. The Bertz CT molecular complexity index is 355. The third-order valence-electron chi connectivity index (χ3n) is 2.23. The number of hydrogen-bond acceptors (Lipinski definition) is 2. The zero-order chi connectivity index (χ0) is 13.4. The molecule has 0 aliphatic carbocycles. The van der Waals surface area contributed by atoms with Crippen molar-refractivity contribution in [2.75, 3.05) is 13.1 Å². The molecule has 0 fully saturated rings. The van der Waals surface area contributed by atoms with Crippen molar-refractivity contribution < 1.29 is 4.42 Å². The van der Waals surface area contributed by atoms with E-state index in [1.165, 1.54) is 0 Å². The van der Waals surface area contributed by atoms with Crippen molar-refractivity contribution in [2.45, 2.75) is 46.1 Å². The van der Waals surface area contributed by atoms with Gasteiger partial charge in [-0.2, -0.15) is 0 Å². The Hall–Kier alpha value is -0.720. The van der Waals surface area contributed by atoms with Crippen molar-refractivity contribution in [1.29, 1.82) is 0 Å². The van der Waals surface area contributed by atoms with Crippen LogP contribution in [0.5, 0.6) is 0 Å². The fraction of sp³-hybridized carbons (Fsp3) is 0.643. The minimum atomic E-state index is 0. The van der Waals surface area contributed by atoms with Gasteiger partial charge in [0.1, 0.15) is 5.76 Å². The maximum Gasteiger partial charge on any atom is 0.191 e. The quantitative estimate of drug-likeness (QED) is 0.469. The number of rotatable bonds is 5. The van der Waals surface area contributed by atoms with Crippen LogP contribution >= 0.6 is 24.0 Å². The highest BCUT2D eigenvalue weighted by Gasteiger charge is 2.11. The van der Waals surface area contributed by atoms with Gasteiger partial charge in [0.05, 0.1) is 6.26 Å². The molecule has 110 valence electrons. The molecule has 0 aliphatic heterocycles.